The number of nitrogens with one attached hydrogen (secondary N) is 3. The number of halogens is 2. The number of imidazole rings is 1. The summed E-state index contributed by atoms with van der Waals surface area (Å²) >= 11 is 0. The van der Waals surface area contributed by atoms with Gasteiger partial charge >= 0.3 is 0 Å². The van der Waals surface area contributed by atoms with Crippen molar-refractivity contribution in [2.45, 2.75) is 0 Å². The lowest BCUT2D eigenvalue weighted by Crippen LogP contribution is -2.16. The Bertz CT molecular complexity index is 1030. The van der Waals surface area contributed by atoms with E-state index in [0.29, 0.717) is 17.0 Å². The number of pyridine rings is 1. The first-order valence-electron chi connectivity index (χ1n) is 7.22. The highest BCUT2D eigenvalue weighted by Gasteiger charge is 2.20. The van der Waals surface area contributed by atoms with Gasteiger partial charge in [0.05, 0.1) is 17.4 Å². The van der Waals surface area contributed by atoms with Gasteiger partial charge < -0.3 is 10.3 Å². The monoisotopic (exact) mass is 340 g/mol. The third-order valence-electron chi connectivity index (χ3n) is 3.59. The molecule has 124 valence electrons. The lowest BCUT2D eigenvalue weighted by atomic mass is 10.2. The standard InChI is InChI=1S/C16H10F2N6O/c17-8-2-1-3-9(18)13(8)16(25)23-12-7-20-24-14(12)15-21-10-4-5-19-6-11(10)22-15/h1-7H,(H,20,24)(H,21,22)(H,23,25). The Morgan fingerprint density at radius 3 is 2.72 bits per heavy atom. The van der Waals surface area contributed by atoms with E-state index >= 15 is 0 Å². The lowest BCUT2D eigenvalue weighted by Gasteiger charge is -2.06. The second-order valence-electron chi connectivity index (χ2n) is 5.18. The maximum absolute atomic E-state index is 13.7. The van der Waals surface area contributed by atoms with E-state index in [0.717, 1.165) is 17.6 Å². The highest BCUT2D eigenvalue weighted by molar-refractivity contribution is 6.06. The van der Waals surface area contributed by atoms with Crippen molar-refractivity contribution in [2.75, 3.05) is 5.32 Å². The highest BCUT2D eigenvalue weighted by Crippen LogP contribution is 2.26. The SMILES string of the molecule is O=C(Nc1c[nH]nc1-c1nc2cnccc2[nH]1)c1c(F)cccc1F. The quantitative estimate of drug-likeness (QED) is 0.534. The fraction of sp³-hybridized carbons (Fsp3) is 0. The molecule has 9 heteroatoms. The number of hydrogen-bond donors (Lipinski definition) is 3. The van der Waals surface area contributed by atoms with Gasteiger partial charge in [0, 0.05) is 12.4 Å². The second-order valence-corrected chi connectivity index (χ2v) is 5.18. The number of aromatic amines is 2. The number of aromatic nitrogens is 5. The van der Waals surface area contributed by atoms with E-state index in [-0.39, 0.29) is 5.69 Å². The minimum atomic E-state index is -0.947. The molecule has 0 spiro atoms. The van der Waals surface area contributed by atoms with Gasteiger partial charge in [0.25, 0.3) is 5.91 Å². The minimum absolute atomic E-state index is 0.236. The number of hydrogen-bond acceptors (Lipinski definition) is 4. The number of fused-ring (bicyclic) bond motifs is 1. The molecular formula is C16H10F2N6O. The summed E-state index contributed by atoms with van der Waals surface area (Å²) in [6, 6.07) is 4.96. The smallest absolute Gasteiger partial charge is 0.261 e. The first kappa shape index (κ1) is 14.9. The van der Waals surface area contributed by atoms with Crippen molar-refractivity contribution < 1.29 is 13.6 Å². The van der Waals surface area contributed by atoms with E-state index in [1.165, 1.54) is 12.3 Å². The molecule has 3 aromatic heterocycles. The van der Waals surface area contributed by atoms with Gasteiger partial charge in [-0.05, 0) is 18.2 Å². The van der Waals surface area contributed by atoms with Crippen molar-refractivity contribution >= 4 is 22.6 Å². The number of rotatable bonds is 3. The van der Waals surface area contributed by atoms with Crippen LogP contribution >= 0.6 is 0 Å². The van der Waals surface area contributed by atoms with Crippen LogP contribution in [0.2, 0.25) is 0 Å². The number of anilines is 1. The van der Waals surface area contributed by atoms with Crippen molar-refractivity contribution in [3.05, 3.63) is 60.1 Å². The highest BCUT2D eigenvalue weighted by atomic mass is 19.1. The van der Waals surface area contributed by atoms with Crippen molar-refractivity contribution in [1.29, 1.82) is 0 Å². The Morgan fingerprint density at radius 2 is 1.96 bits per heavy atom. The Labute approximate surface area is 139 Å². The molecule has 3 heterocycles. The molecule has 0 saturated heterocycles. The molecule has 1 aromatic carbocycles. The molecule has 0 aliphatic heterocycles. The number of H-pyrrole nitrogens is 2. The Hall–Kier alpha value is -3.62. The van der Waals surface area contributed by atoms with Crippen molar-refractivity contribution in [2.24, 2.45) is 0 Å². The van der Waals surface area contributed by atoms with Crippen molar-refractivity contribution in [3.8, 4) is 11.5 Å². The van der Waals surface area contributed by atoms with Gasteiger partial charge in [-0.25, -0.2) is 13.8 Å². The average Bonchev–Trinajstić information content (AvgIpc) is 3.20. The summed E-state index contributed by atoms with van der Waals surface area (Å²) in [6.07, 6.45) is 4.59. The zero-order valence-corrected chi connectivity index (χ0v) is 12.5. The Morgan fingerprint density at radius 1 is 1.16 bits per heavy atom. The Balaban J connectivity index is 1.69. The van der Waals surface area contributed by atoms with E-state index in [2.05, 4.69) is 30.5 Å². The van der Waals surface area contributed by atoms with Gasteiger partial charge in [-0.15, -0.1) is 0 Å². The van der Waals surface area contributed by atoms with Crippen LogP contribution in [0.4, 0.5) is 14.5 Å². The van der Waals surface area contributed by atoms with Crippen LogP contribution in [0.5, 0.6) is 0 Å². The Kier molecular flexibility index (Phi) is 3.46. The summed E-state index contributed by atoms with van der Waals surface area (Å²) in [6.45, 7) is 0. The molecular weight excluding hydrogens is 330 g/mol. The maximum Gasteiger partial charge on any atom is 0.261 e. The van der Waals surface area contributed by atoms with E-state index < -0.39 is 23.1 Å². The van der Waals surface area contributed by atoms with Crippen molar-refractivity contribution in [3.63, 3.8) is 0 Å². The lowest BCUT2D eigenvalue weighted by molar-refractivity contribution is 0.101. The minimum Gasteiger partial charge on any atom is -0.336 e. The third-order valence-corrected chi connectivity index (χ3v) is 3.59. The van der Waals surface area contributed by atoms with Crippen LogP contribution in [0.25, 0.3) is 22.6 Å². The van der Waals surface area contributed by atoms with E-state index in [4.69, 9.17) is 0 Å². The van der Waals surface area contributed by atoms with Crippen LogP contribution in [-0.2, 0) is 0 Å². The molecule has 0 unspecified atom stereocenters. The molecule has 0 fully saturated rings. The predicted molar refractivity (Wildman–Crippen MR) is 85.8 cm³/mol. The molecule has 0 bridgehead atoms. The molecule has 0 atom stereocenters. The van der Waals surface area contributed by atoms with Gasteiger partial charge in [0.15, 0.2) is 11.5 Å². The van der Waals surface area contributed by atoms with Gasteiger partial charge in [-0.3, -0.25) is 14.9 Å². The van der Waals surface area contributed by atoms with Crippen LogP contribution in [-0.4, -0.2) is 31.1 Å². The normalized spacial score (nSPS) is 11.0. The predicted octanol–water partition coefficient (Wildman–Crippen LogP) is 2.88. The average molecular weight is 340 g/mol. The van der Waals surface area contributed by atoms with E-state index in [1.54, 1.807) is 18.5 Å². The van der Waals surface area contributed by atoms with E-state index in [9.17, 15) is 13.6 Å². The molecule has 4 rings (SSSR count). The molecule has 0 radical (unpaired) electrons. The summed E-state index contributed by atoms with van der Waals surface area (Å²) in [7, 11) is 0. The van der Waals surface area contributed by atoms with Gasteiger partial charge in [0.2, 0.25) is 0 Å². The summed E-state index contributed by atoms with van der Waals surface area (Å²) in [5.74, 6) is -2.43. The molecule has 0 aliphatic rings. The summed E-state index contributed by atoms with van der Waals surface area (Å²) in [4.78, 5) is 23.6. The number of benzene rings is 1. The fourth-order valence-corrected chi connectivity index (χ4v) is 2.43. The molecule has 0 saturated carbocycles. The number of carbonyl (C=O) groups excluding carboxylic acids is 1. The number of carbonyl (C=O) groups is 1. The van der Waals surface area contributed by atoms with Gasteiger partial charge in [-0.2, -0.15) is 5.10 Å². The zero-order chi connectivity index (χ0) is 17.4. The molecule has 1 amide bonds. The summed E-state index contributed by atoms with van der Waals surface area (Å²) in [5, 5.41) is 9.07. The van der Waals surface area contributed by atoms with Crippen LogP contribution < -0.4 is 5.32 Å². The van der Waals surface area contributed by atoms with Crippen LogP contribution in [0, 0.1) is 11.6 Å². The summed E-state index contributed by atoms with van der Waals surface area (Å²) < 4.78 is 27.5. The van der Waals surface area contributed by atoms with Crippen LogP contribution in [0.15, 0.2) is 42.9 Å². The summed E-state index contributed by atoms with van der Waals surface area (Å²) in [5.41, 5.74) is 1.24. The largest absolute Gasteiger partial charge is 0.336 e. The maximum atomic E-state index is 13.7. The van der Waals surface area contributed by atoms with Crippen LogP contribution in [0.3, 0.4) is 0 Å². The topological polar surface area (TPSA) is 99.3 Å². The fourth-order valence-electron chi connectivity index (χ4n) is 2.43. The zero-order valence-electron chi connectivity index (χ0n) is 12.5. The molecule has 7 nitrogen and oxygen atoms in total. The van der Waals surface area contributed by atoms with Crippen molar-refractivity contribution in [1.82, 2.24) is 25.1 Å². The second kappa shape index (κ2) is 5.78. The van der Waals surface area contributed by atoms with Gasteiger partial charge in [-0.1, -0.05) is 6.07 Å². The van der Waals surface area contributed by atoms with Crippen LogP contribution in [0.1, 0.15) is 10.4 Å². The number of nitrogens with zero attached hydrogens (tertiary/aromatic N) is 3. The third kappa shape index (κ3) is 2.61. The molecule has 25 heavy (non-hydrogen) atoms. The molecule has 3 N–H and O–H groups in total. The molecule has 0 aliphatic carbocycles. The first-order chi connectivity index (χ1) is 12.1. The first-order valence-corrected chi connectivity index (χ1v) is 7.22. The number of amides is 1. The van der Waals surface area contributed by atoms with E-state index in [1.807, 2.05) is 0 Å². The van der Waals surface area contributed by atoms with Gasteiger partial charge in [0.1, 0.15) is 22.7 Å². The molecule has 4 aromatic rings.